The molecule has 0 saturated carbocycles. The predicted molar refractivity (Wildman–Crippen MR) is 72.5 cm³/mol. The van der Waals surface area contributed by atoms with Crippen LogP contribution >= 0.6 is 11.6 Å². The van der Waals surface area contributed by atoms with Crippen molar-refractivity contribution in [3.05, 3.63) is 38.9 Å². The molecule has 1 amide bonds. The highest BCUT2D eigenvalue weighted by Gasteiger charge is 2.29. The number of carbonyl (C=O) groups is 1. The molecule has 1 heterocycles. The first-order valence-electron chi connectivity index (χ1n) is 6.29. The van der Waals surface area contributed by atoms with Gasteiger partial charge in [-0.2, -0.15) is 0 Å². The lowest BCUT2D eigenvalue weighted by Gasteiger charge is -2.24. The summed E-state index contributed by atoms with van der Waals surface area (Å²) >= 11 is 5.99. The van der Waals surface area contributed by atoms with Crippen LogP contribution in [0.2, 0.25) is 5.02 Å². The van der Waals surface area contributed by atoms with Gasteiger partial charge in [-0.15, -0.1) is 0 Å². The molecule has 0 spiro atoms. The Morgan fingerprint density at radius 2 is 2.32 bits per heavy atom. The van der Waals surface area contributed by atoms with Crippen LogP contribution in [0.3, 0.4) is 0 Å². The zero-order chi connectivity index (χ0) is 14.0. The van der Waals surface area contributed by atoms with E-state index in [2.05, 4.69) is 0 Å². The number of carbonyl (C=O) groups excluding carboxylic acids is 1. The molecule has 0 aromatic heterocycles. The van der Waals surface area contributed by atoms with E-state index in [4.69, 9.17) is 11.6 Å². The lowest BCUT2D eigenvalue weighted by molar-refractivity contribution is -0.384. The van der Waals surface area contributed by atoms with E-state index in [0.29, 0.717) is 5.56 Å². The molecule has 1 atom stereocenters. The van der Waals surface area contributed by atoms with Gasteiger partial charge in [0, 0.05) is 24.7 Å². The molecule has 19 heavy (non-hydrogen) atoms. The number of rotatable bonds is 3. The lowest BCUT2D eigenvalue weighted by atomic mass is 10.1. The van der Waals surface area contributed by atoms with Crippen LogP contribution in [-0.2, 0) is 0 Å². The van der Waals surface area contributed by atoms with Crippen molar-refractivity contribution in [2.75, 3.05) is 6.54 Å². The highest BCUT2D eigenvalue weighted by molar-refractivity contribution is 6.34. The molecule has 1 aromatic rings. The first-order valence-corrected chi connectivity index (χ1v) is 6.67. The second-order valence-corrected chi connectivity index (χ2v) is 5.03. The fourth-order valence-electron chi connectivity index (χ4n) is 2.47. The highest BCUT2D eigenvalue weighted by Crippen LogP contribution is 2.27. The molecule has 1 aliphatic rings. The Bertz CT molecular complexity index is 519. The number of halogens is 1. The van der Waals surface area contributed by atoms with Crippen LogP contribution < -0.4 is 0 Å². The molecule has 0 N–H and O–H groups in total. The average molecular weight is 283 g/mol. The van der Waals surface area contributed by atoms with E-state index in [1.54, 1.807) is 0 Å². The normalized spacial score (nSPS) is 18.6. The van der Waals surface area contributed by atoms with E-state index in [1.807, 2.05) is 11.8 Å². The number of likely N-dealkylation sites (tertiary alicyclic amines) is 1. The summed E-state index contributed by atoms with van der Waals surface area (Å²) in [5.74, 6) is -0.135. The van der Waals surface area contributed by atoms with Crippen LogP contribution in [0.15, 0.2) is 18.2 Å². The van der Waals surface area contributed by atoms with Crippen LogP contribution in [0.1, 0.15) is 36.5 Å². The van der Waals surface area contributed by atoms with Gasteiger partial charge in [-0.05, 0) is 25.3 Å². The number of benzene rings is 1. The summed E-state index contributed by atoms with van der Waals surface area (Å²) in [5.41, 5.74) is 0.239. The Kier molecular flexibility index (Phi) is 4.04. The third kappa shape index (κ3) is 2.71. The van der Waals surface area contributed by atoms with Crippen LogP contribution in [0, 0.1) is 10.1 Å². The Hall–Kier alpha value is -1.62. The molecule has 1 aromatic carbocycles. The van der Waals surface area contributed by atoms with Crippen LogP contribution in [0.5, 0.6) is 0 Å². The van der Waals surface area contributed by atoms with Crippen molar-refractivity contribution in [1.29, 1.82) is 0 Å². The number of amides is 1. The molecule has 5 nitrogen and oxygen atoms in total. The maximum absolute atomic E-state index is 12.4. The molecule has 102 valence electrons. The summed E-state index contributed by atoms with van der Waals surface area (Å²) in [4.78, 5) is 24.3. The quantitative estimate of drug-likeness (QED) is 0.631. The predicted octanol–water partition coefficient (Wildman–Crippen LogP) is 3.26. The minimum atomic E-state index is -0.523. The Labute approximate surface area is 116 Å². The van der Waals surface area contributed by atoms with Gasteiger partial charge in [0.15, 0.2) is 0 Å². The summed E-state index contributed by atoms with van der Waals surface area (Å²) in [6, 6.07) is 4.23. The molecular formula is C13H15ClN2O3. The fourth-order valence-corrected chi connectivity index (χ4v) is 2.73. The van der Waals surface area contributed by atoms with Crippen molar-refractivity contribution in [2.24, 2.45) is 0 Å². The third-order valence-electron chi connectivity index (χ3n) is 3.50. The smallest absolute Gasteiger partial charge is 0.270 e. The van der Waals surface area contributed by atoms with Crippen molar-refractivity contribution >= 4 is 23.2 Å². The molecule has 1 unspecified atom stereocenters. The second kappa shape index (κ2) is 5.57. The maximum Gasteiger partial charge on any atom is 0.270 e. The van der Waals surface area contributed by atoms with Gasteiger partial charge in [0.1, 0.15) is 0 Å². The van der Waals surface area contributed by atoms with Gasteiger partial charge in [0.05, 0.1) is 15.5 Å². The van der Waals surface area contributed by atoms with Crippen molar-refractivity contribution in [3.63, 3.8) is 0 Å². The molecule has 0 radical (unpaired) electrons. The first kappa shape index (κ1) is 13.8. The Morgan fingerprint density at radius 1 is 1.58 bits per heavy atom. The van der Waals surface area contributed by atoms with E-state index in [1.165, 1.54) is 18.2 Å². The first-order chi connectivity index (χ1) is 9.04. The van der Waals surface area contributed by atoms with Gasteiger partial charge in [-0.25, -0.2) is 0 Å². The van der Waals surface area contributed by atoms with Gasteiger partial charge in [-0.3, -0.25) is 14.9 Å². The monoisotopic (exact) mass is 282 g/mol. The summed E-state index contributed by atoms with van der Waals surface area (Å²) in [5, 5.41) is 10.8. The van der Waals surface area contributed by atoms with E-state index < -0.39 is 4.92 Å². The van der Waals surface area contributed by atoms with Crippen LogP contribution in [-0.4, -0.2) is 28.3 Å². The molecule has 0 aliphatic carbocycles. The SMILES string of the molecule is CCC1CCCN1C(=O)c1ccc([N+](=O)[O-])cc1Cl. The minimum Gasteiger partial charge on any atom is -0.336 e. The van der Waals surface area contributed by atoms with E-state index in [9.17, 15) is 14.9 Å². The maximum atomic E-state index is 12.4. The zero-order valence-corrected chi connectivity index (χ0v) is 11.4. The van der Waals surface area contributed by atoms with Gasteiger partial charge in [-0.1, -0.05) is 18.5 Å². The molecule has 1 aliphatic heterocycles. The summed E-state index contributed by atoms with van der Waals surface area (Å²) in [7, 11) is 0. The van der Waals surface area contributed by atoms with Gasteiger partial charge in [0.25, 0.3) is 11.6 Å². The molecule has 6 heteroatoms. The zero-order valence-electron chi connectivity index (χ0n) is 10.6. The molecule has 1 saturated heterocycles. The number of hydrogen-bond donors (Lipinski definition) is 0. The van der Waals surface area contributed by atoms with Crippen molar-refractivity contribution in [3.8, 4) is 0 Å². The third-order valence-corrected chi connectivity index (χ3v) is 3.82. The van der Waals surface area contributed by atoms with Gasteiger partial charge in [0.2, 0.25) is 0 Å². The Balaban J connectivity index is 2.26. The summed E-state index contributed by atoms with van der Waals surface area (Å²) < 4.78 is 0. The molecule has 1 fully saturated rings. The van der Waals surface area contributed by atoms with Gasteiger partial charge >= 0.3 is 0 Å². The molecular weight excluding hydrogens is 268 g/mol. The Morgan fingerprint density at radius 3 is 2.89 bits per heavy atom. The molecule has 0 bridgehead atoms. The van der Waals surface area contributed by atoms with Gasteiger partial charge < -0.3 is 4.90 Å². The number of nitro groups is 1. The van der Waals surface area contributed by atoms with Crippen LogP contribution in [0.4, 0.5) is 5.69 Å². The molecule has 2 rings (SSSR count). The van der Waals surface area contributed by atoms with E-state index in [0.717, 1.165) is 25.8 Å². The fraction of sp³-hybridized carbons (Fsp3) is 0.462. The average Bonchev–Trinajstić information content (AvgIpc) is 2.85. The highest BCUT2D eigenvalue weighted by atomic mass is 35.5. The lowest BCUT2D eigenvalue weighted by Crippen LogP contribution is -2.35. The summed E-state index contributed by atoms with van der Waals surface area (Å²) in [6.45, 7) is 2.78. The summed E-state index contributed by atoms with van der Waals surface area (Å²) in [6.07, 6.45) is 2.91. The number of hydrogen-bond acceptors (Lipinski definition) is 3. The van der Waals surface area contributed by atoms with Crippen molar-refractivity contribution in [1.82, 2.24) is 4.90 Å². The van der Waals surface area contributed by atoms with E-state index >= 15 is 0 Å². The number of nitro benzene ring substituents is 1. The standard InChI is InChI=1S/C13H15ClN2O3/c1-2-9-4-3-7-15(9)13(17)11-6-5-10(16(18)19)8-12(11)14/h5-6,8-9H,2-4,7H2,1H3. The van der Waals surface area contributed by atoms with Crippen molar-refractivity contribution < 1.29 is 9.72 Å². The number of nitrogens with zero attached hydrogens (tertiary/aromatic N) is 2. The second-order valence-electron chi connectivity index (χ2n) is 4.62. The van der Waals surface area contributed by atoms with Crippen LogP contribution in [0.25, 0.3) is 0 Å². The topological polar surface area (TPSA) is 63.5 Å². The minimum absolute atomic E-state index is 0.102. The van der Waals surface area contributed by atoms with Crippen molar-refractivity contribution in [2.45, 2.75) is 32.2 Å². The van der Waals surface area contributed by atoms with E-state index in [-0.39, 0.29) is 22.7 Å². The largest absolute Gasteiger partial charge is 0.336 e. The number of non-ortho nitro benzene ring substituents is 1.